The molecule has 1 N–H and O–H groups in total. The summed E-state index contributed by atoms with van der Waals surface area (Å²) in [5, 5.41) is 3.42. The van der Waals surface area contributed by atoms with Crippen LogP contribution in [0.4, 0.5) is 0 Å². The Morgan fingerprint density at radius 2 is 1.00 bits per heavy atom. The lowest BCUT2D eigenvalue weighted by Gasteiger charge is -2.22. The molecule has 2 nitrogen and oxygen atoms in total. The average Bonchev–Trinajstić information content (AvgIpc) is 2.53. The molecule has 0 heterocycles. The Bertz CT molecular complexity index is 182. The van der Waals surface area contributed by atoms with Gasteiger partial charge in [0.25, 0.3) is 0 Å². The lowest BCUT2D eigenvalue weighted by Crippen LogP contribution is -2.27. The van der Waals surface area contributed by atoms with Gasteiger partial charge in [-0.25, -0.2) is 0 Å². The molecule has 0 aliphatic heterocycles. The summed E-state index contributed by atoms with van der Waals surface area (Å²) in [6.45, 7) is 13.1. The third kappa shape index (κ3) is 16.3. The van der Waals surface area contributed by atoms with Crippen molar-refractivity contribution in [3.63, 3.8) is 0 Å². The van der Waals surface area contributed by atoms with Crippen LogP contribution >= 0.6 is 0 Å². The highest BCUT2D eigenvalue weighted by molar-refractivity contribution is 4.60. The number of nitrogens with one attached hydrogen (secondary N) is 1. The van der Waals surface area contributed by atoms with Crippen molar-refractivity contribution in [2.24, 2.45) is 0 Å². The molecule has 0 atom stereocenters. The number of nitrogens with zero attached hydrogens (tertiary/aromatic N) is 1. The summed E-state index contributed by atoms with van der Waals surface area (Å²) in [7, 11) is 0. The van der Waals surface area contributed by atoms with Crippen LogP contribution in [0.15, 0.2) is 0 Å². The van der Waals surface area contributed by atoms with Crippen molar-refractivity contribution >= 4 is 0 Å². The predicted octanol–water partition coefficient (Wildman–Crippen LogP) is 5.62. The first-order valence-electron chi connectivity index (χ1n) is 10.3. The lowest BCUT2D eigenvalue weighted by molar-refractivity contribution is 0.254. The second-order valence-electron chi connectivity index (χ2n) is 6.73. The van der Waals surface area contributed by atoms with E-state index in [9.17, 15) is 0 Å². The molecule has 0 unspecified atom stereocenters. The fraction of sp³-hybridized carbons (Fsp3) is 1.00. The van der Waals surface area contributed by atoms with Crippen LogP contribution < -0.4 is 5.32 Å². The van der Waals surface area contributed by atoms with E-state index in [1.807, 2.05) is 0 Å². The maximum atomic E-state index is 3.42. The first-order valence-corrected chi connectivity index (χ1v) is 10.3. The van der Waals surface area contributed by atoms with Crippen LogP contribution in [0.5, 0.6) is 0 Å². The van der Waals surface area contributed by atoms with E-state index in [1.54, 1.807) is 0 Å². The molecule has 0 radical (unpaired) electrons. The van der Waals surface area contributed by atoms with Crippen molar-refractivity contribution in [3.8, 4) is 0 Å². The Morgan fingerprint density at radius 3 is 1.45 bits per heavy atom. The zero-order valence-corrected chi connectivity index (χ0v) is 16.0. The van der Waals surface area contributed by atoms with Crippen molar-refractivity contribution in [1.29, 1.82) is 0 Å². The zero-order valence-electron chi connectivity index (χ0n) is 16.0. The maximum Gasteiger partial charge on any atom is -0.00187 e. The summed E-state index contributed by atoms with van der Waals surface area (Å²) in [5.74, 6) is 0. The van der Waals surface area contributed by atoms with Crippen LogP contribution in [0, 0.1) is 0 Å². The number of rotatable bonds is 18. The van der Waals surface area contributed by atoms with Crippen LogP contribution in [-0.4, -0.2) is 37.6 Å². The fourth-order valence-corrected chi connectivity index (χ4v) is 2.98. The van der Waals surface area contributed by atoms with Gasteiger partial charge in [0.1, 0.15) is 0 Å². The number of hydrogen-bond donors (Lipinski definition) is 1. The van der Waals surface area contributed by atoms with Crippen molar-refractivity contribution in [2.45, 2.75) is 97.8 Å². The predicted molar refractivity (Wildman–Crippen MR) is 102 cm³/mol. The summed E-state index contributed by atoms with van der Waals surface area (Å²) in [4.78, 5) is 2.75. The van der Waals surface area contributed by atoms with E-state index in [-0.39, 0.29) is 0 Å². The molecule has 2 heteroatoms. The van der Waals surface area contributed by atoms with E-state index >= 15 is 0 Å². The summed E-state index contributed by atoms with van der Waals surface area (Å²) in [5.41, 5.74) is 0. The smallest absolute Gasteiger partial charge is 0.00187 e. The van der Waals surface area contributed by atoms with Gasteiger partial charge < -0.3 is 10.2 Å². The number of hydrogen-bond acceptors (Lipinski definition) is 2. The molecule has 0 aromatic heterocycles. The Balaban J connectivity index is 3.66. The van der Waals surface area contributed by atoms with Crippen LogP contribution in [0.1, 0.15) is 97.8 Å². The monoisotopic (exact) mass is 312 g/mol. The standard InChI is InChI=1S/C20H44N2/c1-4-7-9-14-18-22(19-15-10-8-5-2)20-16-12-11-13-17-21-6-3/h21H,4-20H2,1-3H3. The normalized spacial score (nSPS) is 11.5. The van der Waals surface area contributed by atoms with Crippen molar-refractivity contribution < 1.29 is 0 Å². The van der Waals surface area contributed by atoms with Crippen LogP contribution in [0.3, 0.4) is 0 Å². The van der Waals surface area contributed by atoms with Gasteiger partial charge in [-0.2, -0.15) is 0 Å². The second kappa shape index (κ2) is 19.0. The lowest BCUT2D eigenvalue weighted by atomic mass is 10.1. The van der Waals surface area contributed by atoms with E-state index in [4.69, 9.17) is 0 Å². The van der Waals surface area contributed by atoms with Gasteiger partial charge >= 0.3 is 0 Å². The SMILES string of the molecule is CCCCCCN(CCCCCC)CCCCCCNCC. The van der Waals surface area contributed by atoms with E-state index in [0.717, 1.165) is 6.54 Å². The molecule has 0 aliphatic rings. The largest absolute Gasteiger partial charge is 0.317 e. The van der Waals surface area contributed by atoms with Crippen LogP contribution in [0.2, 0.25) is 0 Å². The molecule has 0 saturated carbocycles. The van der Waals surface area contributed by atoms with E-state index in [2.05, 4.69) is 31.0 Å². The molecule has 0 amide bonds. The zero-order chi connectivity index (χ0) is 16.3. The van der Waals surface area contributed by atoms with E-state index < -0.39 is 0 Å². The Labute approximate surface area is 141 Å². The van der Waals surface area contributed by atoms with Gasteiger partial charge in [0.2, 0.25) is 0 Å². The summed E-state index contributed by atoms with van der Waals surface area (Å²) in [6.07, 6.45) is 16.7. The molecule has 0 saturated heterocycles. The highest BCUT2D eigenvalue weighted by Gasteiger charge is 2.04. The second-order valence-corrected chi connectivity index (χ2v) is 6.73. The van der Waals surface area contributed by atoms with Gasteiger partial charge in [-0.15, -0.1) is 0 Å². The maximum absolute atomic E-state index is 3.42. The highest BCUT2D eigenvalue weighted by atomic mass is 15.1. The van der Waals surface area contributed by atoms with Crippen LogP contribution in [0.25, 0.3) is 0 Å². The van der Waals surface area contributed by atoms with Gasteiger partial charge in [-0.3, -0.25) is 0 Å². The Morgan fingerprint density at radius 1 is 0.545 bits per heavy atom. The van der Waals surface area contributed by atoms with Gasteiger partial charge in [0.05, 0.1) is 0 Å². The minimum absolute atomic E-state index is 1.11. The van der Waals surface area contributed by atoms with Crippen molar-refractivity contribution in [3.05, 3.63) is 0 Å². The summed E-state index contributed by atoms with van der Waals surface area (Å²) in [6, 6.07) is 0. The number of unbranched alkanes of at least 4 members (excludes halogenated alkanes) is 9. The van der Waals surface area contributed by atoms with Crippen LogP contribution in [-0.2, 0) is 0 Å². The molecule has 0 aliphatic carbocycles. The molecular formula is C20H44N2. The first-order chi connectivity index (χ1) is 10.8. The molecule has 22 heavy (non-hydrogen) atoms. The molecule has 0 bridgehead atoms. The fourth-order valence-electron chi connectivity index (χ4n) is 2.98. The Kier molecular flexibility index (Phi) is 18.9. The summed E-state index contributed by atoms with van der Waals surface area (Å²) < 4.78 is 0. The van der Waals surface area contributed by atoms with Gasteiger partial charge in [-0.1, -0.05) is 72.1 Å². The van der Waals surface area contributed by atoms with Crippen molar-refractivity contribution in [1.82, 2.24) is 10.2 Å². The van der Waals surface area contributed by atoms with E-state index in [1.165, 1.54) is 103 Å². The highest BCUT2D eigenvalue weighted by Crippen LogP contribution is 2.08. The van der Waals surface area contributed by atoms with E-state index in [0.29, 0.717) is 0 Å². The molecule has 134 valence electrons. The average molecular weight is 313 g/mol. The third-order valence-corrected chi connectivity index (χ3v) is 4.48. The van der Waals surface area contributed by atoms with Crippen molar-refractivity contribution in [2.75, 3.05) is 32.7 Å². The quantitative estimate of drug-likeness (QED) is 0.330. The molecule has 0 spiro atoms. The third-order valence-electron chi connectivity index (χ3n) is 4.48. The summed E-state index contributed by atoms with van der Waals surface area (Å²) >= 11 is 0. The van der Waals surface area contributed by atoms with Gasteiger partial charge in [0.15, 0.2) is 0 Å². The molecule has 0 fully saturated rings. The van der Waals surface area contributed by atoms with Gasteiger partial charge in [0, 0.05) is 0 Å². The Hall–Kier alpha value is -0.0800. The minimum Gasteiger partial charge on any atom is -0.317 e. The first kappa shape index (κ1) is 21.9. The molecule has 0 rings (SSSR count). The molecule has 0 aromatic carbocycles. The minimum atomic E-state index is 1.11. The topological polar surface area (TPSA) is 15.3 Å². The molecule has 0 aromatic rings. The van der Waals surface area contributed by atoms with Gasteiger partial charge in [-0.05, 0) is 58.4 Å². The molecular weight excluding hydrogens is 268 g/mol.